The minimum Gasteiger partial charge on any atom is -0.474 e. The SMILES string of the molecule is Fc1cc(F)cc(-c2cccnc2OC2CCCC2)c1. The largest absolute Gasteiger partial charge is 0.474 e. The molecule has 2 nitrogen and oxygen atoms in total. The van der Waals surface area contributed by atoms with Crippen LogP contribution in [0.5, 0.6) is 5.88 Å². The normalized spacial score (nSPS) is 15.5. The number of rotatable bonds is 3. The van der Waals surface area contributed by atoms with Crippen LogP contribution < -0.4 is 4.74 Å². The minimum absolute atomic E-state index is 0.155. The van der Waals surface area contributed by atoms with Gasteiger partial charge in [-0.05, 0) is 55.5 Å². The smallest absolute Gasteiger partial charge is 0.221 e. The first-order valence-corrected chi connectivity index (χ1v) is 6.80. The van der Waals surface area contributed by atoms with Crippen LogP contribution in [0.15, 0.2) is 36.5 Å². The number of hydrogen-bond donors (Lipinski definition) is 0. The van der Waals surface area contributed by atoms with Crippen molar-refractivity contribution in [3.05, 3.63) is 48.2 Å². The van der Waals surface area contributed by atoms with Crippen molar-refractivity contribution in [2.45, 2.75) is 31.8 Å². The van der Waals surface area contributed by atoms with Gasteiger partial charge in [0.1, 0.15) is 17.7 Å². The second-order valence-corrected chi connectivity index (χ2v) is 5.04. The Hall–Kier alpha value is -1.97. The Labute approximate surface area is 116 Å². The Bertz CT molecular complexity index is 589. The molecule has 1 saturated carbocycles. The second-order valence-electron chi connectivity index (χ2n) is 5.04. The Morgan fingerprint density at radius 1 is 1.05 bits per heavy atom. The van der Waals surface area contributed by atoms with Crippen molar-refractivity contribution in [3.8, 4) is 17.0 Å². The summed E-state index contributed by atoms with van der Waals surface area (Å²) in [7, 11) is 0. The molecule has 0 amide bonds. The molecule has 0 unspecified atom stereocenters. The number of hydrogen-bond acceptors (Lipinski definition) is 2. The highest BCUT2D eigenvalue weighted by molar-refractivity contribution is 5.68. The molecule has 0 radical (unpaired) electrons. The van der Waals surface area contributed by atoms with Crippen LogP contribution in [-0.2, 0) is 0 Å². The van der Waals surface area contributed by atoms with Gasteiger partial charge >= 0.3 is 0 Å². The summed E-state index contributed by atoms with van der Waals surface area (Å²) in [6.07, 6.45) is 6.11. The lowest BCUT2D eigenvalue weighted by molar-refractivity contribution is 0.202. The topological polar surface area (TPSA) is 22.1 Å². The van der Waals surface area contributed by atoms with E-state index in [4.69, 9.17) is 4.74 Å². The fraction of sp³-hybridized carbons (Fsp3) is 0.312. The molecular formula is C16H15F2NO. The van der Waals surface area contributed by atoms with E-state index in [1.54, 1.807) is 18.3 Å². The third kappa shape index (κ3) is 2.79. The molecule has 20 heavy (non-hydrogen) atoms. The molecular weight excluding hydrogens is 260 g/mol. The van der Waals surface area contributed by atoms with Crippen LogP contribution in [-0.4, -0.2) is 11.1 Å². The molecule has 1 aromatic heterocycles. The Morgan fingerprint density at radius 2 is 1.75 bits per heavy atom. The number of halogens is 2. The summed E-state index contributed by atoms with van der Waals surface area (Å²) >= 11 is 0. The third-order valence-electron chi connectivity index (χ3n) is 3.53. The average Bonchev–Trinajstić information content (AvgIpc) is 2.91. The maximum Gasteiger partial charge on any atom is 0.221 e. The average molecular weight is 275 g/mol. The molecule has 4 heteroatoms. The molecule has 0 spiro atoms. The summed E-state index contributed by atoms with van der Waals surface area (Å²) in [5, 5.41) is 0. The Balaban J connectivity index is 1.95. The fourth-order valence-corrected chi connectivity index (χ4v) is 2.58. The van der Waals surface area contributed by atoms with Crippen molar-refractivity contribution in [1.29, 1.82) is 0 Å². The van der Waals surface area contributed by atoms with E-state index in [0.29, 0.717) is 17.0 Å². The molecule has 1 fully saturated rings. The van der Waals surface area contributed by atoms with Gasteiger partial charge in [-0.2, -0.15) is 0 Å². The van der Waals surface area contributed by atoms with Gasteiger partial charge in [0.15, 0.2) is 0 Å². The predicted octanol–water partition coefficient (Wildman–Crippen LogP) is 4.35. The van der Waals surface area contributed by atoms with Crippen LogP contribution in [0.1, 0.15) is 25.7 Å². The predicted molar refractivity (Wildman–Crippen MR) is 72.5 cm³/mol. The van der Waals surface area contributed by atoms with Gasteiger partial charge in [-0.25, -0.2) is 13.8 Å². The maximum atomic E-state index is 13.3. The van der Waals surface area contributed by atoms with Crippen LogP contribution in [0.4, 0.5) is 8.78 Å². The molecule has 1 aliphatic carbocycles. The summed E-state index contributed by atoms with van der Waals surface area (Å²) in [4.78, 5) is 4.21. The number of nitrogens with zero attached hydrogens (tertiary/aromatic N) is 1. The summed E-state index contributed by atoms with van der Waals surface area (Å²) in [6, 6.07) is 6.95. The van der Waals surface area contributed by atoms with Crippen molar-refractivity contribution < 1.29 is 13.5 Å². The van der Waals surface area contributed by atoms with Crippen molar-refractivity contribution in [3.63, 3.8) is 0 Å². The van der Waals surface area contributed by atoms with Gasteiger partial charge in [-0.1, -0.05) is 0 Å². The van der Waals surface area contributed by atoms with Gasteiger partial charge < -0.3 is 4.74 Å². The molecule has 104 valence electrons. The van der Waals surface area contributed by atoms with Crippen molar-refractivity contribution >= 4 is 0 Å². The van der Waals surface area contributed by atoms with Crippen LogP contribution in [0.3, 0.4) is 0 Å². The Kier molecular flexibility index (Phi) is 3.63. The summed E-state index contributed by atoms with van der Waals surface area (Å²) < 4.78 is 32.6. The molecule has 2 aromatic rings. The van der Waals surface area contributed by atoms with Gasteiger partial charge in [0.25, 0.3) is 0 Å². The lowest BCUT2D eigenvalue weighted by Crippen LogP contribution is -2.12. The maximum absolute atomic E-state index is 13.3. The van der Waals surface area contributed by atoms with Crippen LogP contribution >= 0.6 is 0 Å². The van der Waals surface area contributed by atoms with Crippen molar-refractivity contribution in [2.75, 3.05) is 0 Å². The van der Waals surface area contributed by atoms with Crippen LogP contribution in [0.2, 0.25) is 0 Å². The number of ether oxygens (including phenoxy) is 1. The fourth-order valence-electron chi connectivity index (χ4n) is 2.58. The summed E-state index contributed by atoms with van der Waals surface area (Å²) in [6.45, 7) is 0. The molecule has 3 rings (SSSR count). The first kappa shape index (κ1) is 13.0. The highest BCUT2D eigenvalue weighted by Crippen LogP contribution is 2.32. The second kappa shape index (κ2) is 5.57. The number of benzene rings is 1. The van der Waals surface area contributed by atoms with Gasteiger partial charge in [0, 0.05) is 17.8 Å². The summed E-state index contributed by atoms with van der Waals surface area (Å²) in [5.74, 6) is -0.754. The highest BCUT2D eigenvalue weighted by Gasteiger charge is 2.19. The van der Waals surface area contributed by atoms with Crippen molar-refractivity contribution in [2.24, 2.45) is 0 Å². The number of pyridine rings is 1. The quantitative estimate of drug-likeness (QED) is 0.831. The monoisotopic (exact) mass is 275 g/mol. The van der Waals surface area contributed by atoms with E-state index < -0.39 is 11.6 Å². The van der Waals surface area contributed by atoms with Crippen molar-refractivity contribution in [1.82, 2.24) is 4.98 Å². The van der Waals surface area contributed by atoms with Gasteiger partial charge in [0.2, 0.25) is 5.88 Å². The Morgan fingerprint density at radius 3 is 2.45 bits per heavy atom. The third-order valence-corrected chi connectivity index (χ3v) is 3.53. The van der Waals surface area contributed by atoms with E-state index in [0.717, 1.165) is 31.7 Å². The minimum atomic E-state index is -0.601. The molecule has 0 bridgehead atoms. The first-order chi connectivity index (χ1) is 9.72. The van der Waals surface area contributed by atoms with E-state index in [-0.39, 0.29) is 6.10 Å². The van der Waals surface area contributed by atoms with Crippen LogP contribution in [0.25, 0.3) is 11.1 Å². The zero-order valence-corrected chi connectivity index (χ0v) is 11.0. The van der Waals surface area contributed by atoms with E-state index in [1.807, 2.05) is 0 Å². The standard InChI is InChI=1S/C16H15F2NO/c17-12-8-11(9-13(18)10-12)15-6-3-7-19-16(15)20-14-4-1-2-5-14/h3,6-10,14H,1-2,4-5H2. The molecule has 1 heterocycles. The molecule has 0 aliphatic heterocycles. The van der Waals surface area contributed by atoms with E-state index in [2.05, 4.69) is 4.98 Å². The zero-order valence-electron chi connectivity index (χ0n) is 11.0. The van der Waals surface area contributed by atoms with E-state index >= 15 is 0 Å². The molecule has 1 aromatic carbocycles. The zero-order chi connectivity index (χ0) is 13.9. The lowest BCUT2D eigenvalue weighted by Gasteiger charge is -2.15. The lowest BCUT2D eigenvalue weighted by atomic mass is 10.1. The first-order valence-electron chi connectivity index (χ1n) is 6.80. The molecule has 0 atom stereocenters. The summed E-state index contributed by atoms with van der Waals surface area (Å²) in [5.41, 5.74) is 1.07. The van der Waals surface area contributed by atoms with E-state index in [1.165, 1.54) is 12.1 Å². The highest BCUT2D eigenvalue weighted by atomic mass is 19.1. The van der Waals surface area contributed by atoms with Gasteiger partial charge in [-0.15, -0.1) is 0 Å². The van der Waals surface area contributed by atoms with E-state index in [9.17, 15) is 8.78 Å². The molecule has 0 saturated heterocycles. The van der Waals surface area contributed by atoms with Crippen LogP contribution in [0, 0.1) is 11.6 Å². The van der Waals surface area contributed by atoms with Gasteiger partial charge in [0.05, 0.1) is 0 Å². The molecule has 1 aliphatic rings. The van der Waals surface area contributed by atoms with Gasteiger partial charge in [-0.3, -0.25) is 0 Å². The number of aromatic nitrogens is 1. The molecule has 0 N–H and O–H groups in total.